The molecular weight excluding hydrogens is 338 g/mol. The van der Waals surface area contributed by atoms with Crippen molar-refractivity contribution in [1.82, 2.24) is 0 Å². The van der Waals surface area contributed by atoms with Gasteiger partial charge in [0.05, 0.1) is 18.2 Å². The highest BCUT2D eigenvalue weighted by molar-refractivity contribution is 5.90. The van der Waals surface area contributed by atoms with Crippen molar-refractivity contribution in [2.75, 3.05) is 29.9 Å². The summed E-state index contributed by atoms with van der Waals surface area (Å²) in [6.07, 6.45) is 1.99. The van der Waals surface area contributed by atoms with E-state index in [1.807, 2.05) is 30.3 Å². The molecule has 0 aliphatic rings. The first kappa shape index (κ1) is 20.3. The summed E-state index contributed by atoms with van der Waals surface area (Å²) in [6, 6.07) is 17.1. The van der Waals surface area contributed by atoms with E-state index < -0.39 is 0 Å². The molecule has 0 aliphatic carbocycles. The van der Waals surface area contributed by atoms with Gasteiger partial charge in [0, 0.05) is 30.9 Å². The number of nitrogens with one attached hydrogen (secondary N) is 1. The molecule has 0 saturated heterocycles. The number of hydrogen-bond donors (Lipinski definition) is 1. The van der Waals surface area contributed by atoms with E-state index in [1.165, 1.54) is 0 Å². The van der Waals surface area contributed by atoms with Crippen LogP contribution in [0.2, 0.25) is 0 Å². The Morgan fingerprint density at radius 1 is 1.11 bits per heavy atom. The first-order valence-electron chi connectivity index (χ1n) is 9.44. The molecule has 2 aromatic carbocycles. The molecule has 5 nitrogen and oxygen atoms in total. The Morgan fingerprint density at radius 3 is 2.52 bits per heavy atom. The smallest absolute Gasteiger partial charge is 0.224 e. The Balaban J connectivity index is 1.68. The molecule has 0 saturated carbocycles. The summed E-state index contributed by atoms with van der Waals surface area (Å²) in [5, 5.41) is 11.8. The van der Waals surface area contributed by atoms with Crippen molar-refractivity contribution >= 4 is 17.3 Å². The molecule has 0 spiro atoms. The van der Waals surface area contributed by atoms with Gasteiger partial charge in [-0.3, -0.25) is 4.79 Å². The zero-order valence-corrected chi connectivity index (χ0v) is 16.1. The van der Waals surface area contributed by atoms with E-state index in [0.717, 1.165) is 37.3 Å². The summed E-state index contributed by atoms with van der Waals surface area (Å²) >= 11 is 0. The van der Waals surface area contributed by atoms with Crippen molar-refractivity contribution in [3.8, 4) is 11.8 Å². The maximum Gasteiger partial charge on any atom is 0.224 e. The normalized spacial score (nSPS) is 10.1. The summed E-state index contributed by atoms with van der Waals surface area (Å²) in [4.78, 5) is 14.3. The molecule has 1 N–H and O–H groups in total. The fraction of sp³-hybridized carbons (Fsp3) is 0.364. The Labute approximate surface area is 161 Å². The second-order valence-electron chi connectivity index (χ2n) is 6.21. The lowest BCUT2D eigenvalue weighted by Gasteiger charge is -2.21. The number of carbonyl (C=O) groups is 1. The van der Waals surface area contributed by atoms with Crippen LogP contribution in [-0.2, 0) is 4.79 Å². The van der Waals surface area contributed by atoms with Gasteiger partial charge in [0.15, 0.2) is 0 Å². The summed E-state index contributed by atoms with van der Waals surface area (Å²) in [5.41, 5.74) is 2.56. The second kappa shape index (κ2) is 10.9. The Hall–Kier alpha value is -3.00. The molecule has 142 valence electrons. The van der Waals surface area contributed by atoms with Gasteiger partial charge in [-0.05, 0) is 69.2 Å². The third-order valence-electron chi connectivity index (χ3n) is 4.31. The van der Waals surface area contributed by atoms with E-state index in [-0.39, 0.29) is 5.91 Å². The van der Waals surface area contributed by atoms with E-state index in [4.69, 9.17) is 10.00 Å². The van der Waals surface area contributed by atoms with Crippen LogP contribution in [0.1, 0.15) is 38.7 Å². The molecule has 27 heavy (non-hydrogen) atoms. The molecule has 0 aliphatic heterocycles. The minimum absolute atomic E-state index is 0.0112. The van der Waals surface area contributed by atoms with Crippen molar-refractivity contribution in [3.05, 3.63) is 54.1 Å². The van der Waals surface area contributed by atoms with Gasteiger partial charge in [-0.15, -0.1) is 0 Å². The number of amides is 1. The van der Waals surface area contributed by atoms with Crippen molar-refractivity contribution < 1.29 is 9.53 Å². The zero-order valence-electron chi connectivity index (χ0n) is 16.1. The lowest BCUT2D eigenvalue weighted by molar-refractivity contribution is -0.116. The highest BCUT2D eigenvalue weighted by Crippen LogP contribution is 2.18. The van der Waals surface area contributed by atoms with Gasteiger partial charge >= 0.3 is 0 Å². The molecule has 0 aromatic heterocycles. The molecule has 0 fully saturated rings. The number of benzene rings is 2. The van der Waals surface area contributed by atoms with Gasteiger partial charge < -0.3 is 15.0 Å². The van der Waals surface area contributed by atoms with Crippen LogP contribution in [0, 0.1) is 11.3 Å². The van der Waals surface area contributed by atoms with Gasteiger partial charge in [0.2, 0.25) is 5.91 Å². The SMILES string of the molecule is CCN(CC)c1ccc(NC(=O)CCCCOc2cccc(C#N)c2)cc1. The third-order valence-corrected chi connectivity index (χ3v) is 4.31. The predicted octanol–water partition coefficient (Wildman–Crippen LogP) is 4.59. The van der Waals surface area contributed by atoms with E-state index in [2.05, 4.69) is 30.1 Å². The summed E-state index contributed by atoms with van der Waals surface area (Å²) < 4.78 is 5.62. The van der Waals surface area contributed by atoms with Crippen LogP contribution in [0.25, 0.3) is 0 Å². The largest absolute Gasteiger partial charge is 0.494 e. The van der Waals surface area contributed by atoms with Crippen molar-refractivity contribution in [2.24, 2.45) is 0 Å². The molecule has 0 bridgehead atoms. The van der Waals surface area contributed by atoms with Crippen LogP contribution < -0.4 is 15.0 Å². The zero-order chi connectivity index (χ0) is 19.5. The predicted molar refractivity (Wildman–Crippen MR) is 109 cm³/mol. The summed E-state index contributed by atoms with van der Waals surface area (Å²) in [5.74, 6) is 0.698. The van der Waals surface area contributed by atoms with Gasteiger partial charge in [-0.2, -0.15) is 5.26 Å². The first-order chi connectivity index (χ1) is 13.2. The molecule has 1 amide bonds. The van der Waals surface area contributed by atoms with E-state index in [9.17, 15) is 4.79 Å². The second-order valence-corrected chi connectivity index (χ2v) is 6.21. The molecule has 2 rings (SSSR count). The lowest BCUT2D eigenvalue weighted by Crippen LogP contribution is -2.21. The molecule has 5 heteroatoms. The van der Waals surface area contributed by atoms with E-state index in [0.29, 0.717) is 24.3 Å². The monoisotopic (exact) mass is 365 g/mol. The summed E-state index contributed by atoms with van der Waals surface area (Å²) in [7, 11) is 0. The molecule has 2 aromatic rings. The van der Waals surface area contributed by atoms with Crippen LogP contribution in [0.5, 0.6) is 5.75 Å². The van der Waals surface area contributed by atoms with Crippen LogP contribution in [0.3, 0.4) is 0 Å². The quantitative estimate of drug-likeness (QED) is 0.625. The molecule has 0 heterocycles. The van der Waals surface area contributed by atoms with Gasteiger partial charge in [-0.25, -0.2) is 0 Å². The molecule has 0 atom stereocenters. The Morgan fingerprint density at radius 2 is 1.85 bits per heavy atom. The standard InChI is InChI=1S/C22H27N3O2/c1-3-25(4-2)20-13-11-19(12-14-20)24-22(26)10-5-6-15-27-21-9-7-8-18(16-21)17-23/h7-9,11-14,16H,3-6,10,15H2,1-2H3,(H,24,26). The minimum Gasteiger partial charge on any atom is -0.494 e. The van der Waals surface area contributed by atoms with Gasteiger partial charge in [0.1, 0.15) is 5.75 Å². The number of hydrogen-bond acceptors (Lipinski definition) is 4. The summed E-state index contributed by atoms with van der Waals surface area (Å²) in [6.45, 7) is 6.71. The number of unbranched alkanes of at least 4 members (excludes halogenated alkanes) is 1. The minimum atomic E-state index is 0.0112. The third kappa shape index (κ3) is 6.67. The Bertz CT molecular complexity index is 762. The fourth-order valence-electron chi connectivity index (χ4n) is 2.80. The topological polar surface area (TPSA) is 65.4 Å². The van der Waals surface area contributed by atoms with Crippen molar-refractivity contribution in [1.29, 1.82) is 5.26 Å². The Kier molecular flexibility index (Phi) is 8.18. The number of nitriles is 1. The van der Waals surface area contributed by atoms with Crippen LogP contribution in [-0.4, -0.2) is 25.6 Å². The molecular formula is C22H27N3O2. The number of carbonyl (C=O) groups excluding carboxylic acids is 1. The molecule has 0 radical (unpaired) electrons. The highest BCUT2D eigenvalue weighted by atomic mass is 16.5. The fourth-order valence-corrected chi connectivity index (χ4v) is 2.80. The van der Waals surface area contributed by atoms with E-state index in [1.54, 1.807) is 18.2 Å². The maximum absolute atomic E-state index is 12.1. The van der Waals surface area contributed by atoms with E-state index >= 15 is 0 Å². The average molecular weight is 365 g/mol. The van der Waals surface area contributed by atoms with Gasteiger partial charge in [0.25, 0.3) is 0 Å². The average Bonchev–Trinajstić information content (AvgIpc) is 2.70. The number of anilines is 2. The first-order valence-corrected chi connectivity index (χ1v) is 9.44. The van der Waals surface area contributed by atoms with Crippen LogP contribution in [0.15, 0.2) is 48.5 Å². The van der Waals surface area contributed by atoms with Crippen molar-refractivity contribution in [3.63, 3.8) is 0 Å². The number of nitrogens with zero attached hydrogens (tertiary/aromatic N) is 2. The highest BCUT2D eigenvalue weighted by Gasteiger charge is 2.05. The maximum atomic E-state index is 12.1. The van der Waals surface area contributed by atoms with Gasteiger partial charge in [-0.1, -0.05) is 6.07 Å². The molecule has 0 unspecified atom stereocenters. The van der Waals surface area contributed by atoms with Crippen molar-refractivity contribution in [2.45, 2.75) is 33.1 Å². The van der Waals surface area contributed by atoms with Crippen LogP contribution in [0.4, 0.5) is 11.4 Å². The number of rotatable bonds is 10. The van der Waals surface area contributed by atoms with Crippen LogP contribution >= 0.6 is 0 Å². The number of ether oxygens (including phenoxy) is 1. The lowest BCUT2D eigenvalue weighted by atomic mass is 10.2.